The zero-order valence-corrected chi connectivity index (χ0v) is 9.66. The van der Waals surface area contributed by atoms with Crippen molar-refractivity contribution < 1.29 is 0 Å². The first-order valence-electron chi connectivity index (χ1n) is 5.74. The highest BCUT2D eigenvalue weighted by atomic mass is 15.0. The normalized spacial score (nSPS) is 21.5. The Morgan fingerprint density at radius 2 is 2.00 bits per heavy atom. The Morgan fingerprint density at radius 1 is 1.24 bits per heavy atom. The van der Waals surface area contributed by atoms with Crippen LogP contribution in [0.2, 0.25) is 0 Å². The molecule has 0 aliphatic heterocycles. The third-order valence-corrected chi connectivity index (χ3v) is 2.79. The summed E-state index contributed by atoms with van der Waals surface area (Å²) >= 11 is 0. The molecule has 1 aliphatic rings. The molecule has 1 aliphatic carbocycles. The van der Waals surface area contributed by atoms with Gasteiger partial charge < -0.3 is 11.5 Å². The second-order valence-corrected chi connectivity index (χ2v) is 4.06. The molecular formula is C14H17N3. The number of allylic oxidation sites excluding steroid dienone is 3. The number of amidine groups is 1. The van der Waals surface area contributed by atoms with Gasteiger partial charge in [0, 0.05) is 5.92 Å². The SMILES string of the molecule is NC(=NC(N)c1ccccc1)C1C=CC=CC1. The molecule has 0 spiro atoms. The van der Waals surface area contributed by atoms with Crippen molar-refractivity contribution in [2.45, 2.75) is 12.6 Å². The number of nitrogens with zero attached hydrogens (tertiary/aromatic N) is 1. The van der Waals surface area contributed by atoms with E-state index in [1.165, 1.54) is 0 Å². The molecule has 0 saturated heterocycles. The first-order valence-corrected chi connectivity index (χ1v) is 5.74. The Morgan fingerprint density at radius 3 is 2.65 bits per heavy atom. The van der Waals surface area contributed by atoms with Crippen LogP contribution in [0.4, 0.5) is 0 Å². The van der Waals surface area contributed by atoms with E-state index in [1.54, 1.807) is 0 Å². The topological polar surface area (TPSA) is 64.4 Å². The number of aliphatic imine (C=N–C) groups is 1. The first kappa shape index (κ1) is 11.6. The quantitative estimate of drug-likeness (QED) is 0.613. The van der Waals surface area contributed by atoms with Gasteiger partial charge in [-0.3, -0.25) is 0 Å². The molecule has 0 fully saturated rings. The highest BCUT2D eigenvalue weighted by Crippen LogP contribution is 2.15. The Hall–Kier alpha value is -1.87. The van der Waals surface area contributed by atoms with E-state index in [2.05, 4.69) is 17.1 Å². The van der Waals surface area contributed by atoms with Gasteiger partial charge in [0.2, 0.25) is 0 Å². The van der Waals surface area contributed by atoms with E-state index < -0.39 is 0 Å². The zero-order chi connectivity index (χ0) is 12.1. The molecule has 2 unspecified atom stereocenters. The maximum Gasteiger partial charge on any atom is 0.125 e. The fraction of sp³-hybridized carbons (Fsp3) is 0.214. The predicted octanol–water partition coefficient (Wildman–Crippen LogP) is 2.13. The maximum absolute atomic E-state index is 5.99. The molecule has 1 aromatic rings. The average molecular weight is 227 g/mol. The number of rotatable bonds is 3. The molecule has 0 saturated carbocycles. The zero-order valence-electron chi connectivity index (χ0n) is 9.66. The molecule has 0 heterocycles. The lowest BCUT2D eigenvalue weighted by Crippen LogP contribution is -2.25. The average Bonchev–Trinajstić information content (AvgIpc) is 2.40. The largest absolute Gasteiger partial charge is 0.387 e. The molecule has 17 heavy (non-hydrogen) atoms. The Bertz CT molecular complexity index is 446. The van der Waals surface area contributed by atoms with E-state index in [1.807, 2.05) is 42.5 Å². The molecule has 2 atom stereocenters. The van der Waals surface area contributed by atoms with Gasteiger partial charge in [0.25, 0.3) is 0 Å². The van der Waals surface area contributed by atoms with Gasteiger partial charge in [0.15, 0.2) is 0 Å². The third kappa shape index (κ3) is 3.04. The molecule has 0 aromatic heterocycles. The van der Waals surface area contributed by atoms with Crippen LogP contribution in [0.25, 0.3) is 0 Å². The van der Waals surface area contributed by atoms with Crippen molar-refractivity contribution in [1.82, 2.24) is 0 Å². The van der Waals surface area contributed by atoms with Crippen LogP contribution in [-0.2, 0) is 0 Å². The van der Waals surface area contributed by atoms with Gasteiger partial charge in [-0.05, 0) is 12.0 Å². The van der Waals surface area contributed by atoms with Crippen molar-refractivity contribution in [3.8, 4) is 0 Å². The fourth-order valence-corrected chi connectivity index (χ4v) is 1.78. The Kier molecular flexibility index (Phi) is 3.73. The molecule has 4 N–H and O–H groups in total. The number of hydrogen-bond acceptors (Lipinski definition) is 2. The number of hydrogen-bond donors (Lipinski definition) is 2. The molecule has 0 amide bonds. The molecule has 2 rings (SSSR count). The monoisotopic (exact) mass is 227 g/mol. The summed E-state index contributed by atoms with van der Waals surface area (Å²) in [6, 6.07) is 9.77. The minimum absolute atomic E-state index is 0.176. The Labute approximate surface area is 102 Å². The van der Waals surface area contributed by atoms with Crippen molar-refractivity contribution in [2.24, 2.45) is 22.4 Å². The van der Waals surface area contributed by atoms with E-state index in [4.69, 9.17) is 11.5 Å². The second kappa shape index (κ2) is 5.46. The minimum atomic E-state index is -0.379. The maximum atomic E-state index is 5.99. The van der Waals surface area contributed by atoms with Gasteiger partial charge in [-0.15, -0.1) is 0 Å². The molecule has 88 valence electrons. The second-order valence-electron chi connectivity index (χ2n) is 4.06. The summed E-state index contributed by atoms with van der Waals surface area (Å²) < 4.78 is 0. The summed E-state index contributed by atoms with van der Waals surface area (Å²) in [5.41, 5.74) is 12.9. The third-order valence-electron chi connectivity index (χ3n) is 2.79. The summed E-state index contributed by atoms with van der Waals surface area (Å²) in [5.74, 6) is 0.775. The van der Waals surface area contributed by atoms with Crippen LogP contribution in [0.5, 0.6) is 0 Å². The van der Waals surface area contributed by atoms with E-state index in [0.29, 0.717) is 5.84 Å². The van der Waals surface area contributed by atoms with Gasteiger partial charge >= 0.3 is 0 Å². The number of nitrogens with two attached hydrogens (primary N) is 2. The predicted molar refractivity (Wildman–Crippen MR) is 71.4 cm³/mol. The van der Waals surface area contributed by atoms with Crippen molar-refractivity contribution >= 4 is 5.84 Å². The molecule has 0 radical (unpaired) electrons. The highest BCUT2D eigenvalue weighted by molar-refractivity contribution is 5.85. The standard InChI is InChI=1S/C14H17N3/c15-13(11-7-3-1-4-8-11)17-14(16)12-9-5-2-6-10-12/h1-9,12-13H,10,15H2,(H2,16,17). The summed E-state index contributed by atoms with van der Waals surface area (Å²) in [5, 5.41) is 0. The fourth-order valence-electron chi connectivity index (χ4n) is 1.78. The van der Waals surface area contributed by atoms with Gasteiger partial charge in [0.05, 0.1) is 0 Å². The van der Waals surface area contributed by atoms with Crippen LogP contribution >= 0.6 is 0 Å². The van der Waals surface area contributed by atoms with E-state index in [-0.39, 0.29) is 12.1 Å². The minimum Gasteiger partial charge on any atom is -0.387 e. The van der Waals surface area contributed by atoms with Crippen LogP contribution in [0.1, 0.15) is 18.2 Å². The van der Waals surface area contributed by atoms with Gasteiger partial charge in [0.1, 0.15) is 12.0 Å². The molecule has 0 bridgehead atoms. The molecule has 3 nitrogen and oxygen atoms in total. The van der Waals surface area contributed by atoms with Crippen LogP contribution < -0.4 is 11.5 Å². The summed E-state index contributed by atoms with van der Waals surface area (Å²) in [6.07, 6.45) is 8.66. The Balaban J connectivity index is 2.08. The lowest BCUT2D eigenvalue weighted by atomic mass is 10.00. The smallest absolute Gasteiger partial charge is 0.125 e. The summed E-state index contributed by atoms with van der Waals surface area (Å²) in [6.45, 7) is 0. The summed E-state index contributed by atoms with van der Waals surface area (Å²) in [7, 11) is 0. The van der Waals surface area contributed by atoms with Crippen molar-refractivity contribution in [3.05, 3.63) is 60.2 Å². The lowest BCUT2D eigenvalue weighted by Gasteiger charge is -2.15. The van der Waals surface area contributed by atoms with E-state index >= 15 is 0 Å². The highest BCUT2D eigenvalue weighted by Gasteiger charge is 2.11. The van der Waals surface area contributed by atoms with Crippen molar-refractivity contribution in [3.63, 3.8) is 0 Å². The first-order chi connectivity index (χ1) is 8.27. The molecular weight excluding hydrogens is 210 g/mol. The number of benzene rings is 1. The molecule has 1 aromatic carbocycles. The molecule has 3 heteroatoms. The van der Waals surface area contributed by atoms with E-state index in [0.717, 1.165) is 12.0 Å². The van der Waals surface area contributed by atoms with E-state index in [9.17, 15) is 0 Å². The van der Waals surface area contributed by atoms with Crippen LogP contribution in [0, 0.1) is 5.92 Å². The van der Waals surface area contributed by atoms with Crippen LogP contribution in [0.3, 0.4) is 0 Å². The van der Waals surface area contributed by atoms with Crippen molar-refractivity contribution in [2.75, 3.05) is 0 Å². The van der Waals surface area contributed by atoms with Gasteiger partial charge in [-0.2, -0.15) is 0 Å². The summed E-state index contributed by atoms with van der Waals surface area (Å²) in [4.78, 5) is 4.36. The van der Waals surface area contributed by atoms with Gasteiger partial charge in [-0.1, -0.05) is 54.6 Å². The lowest BCUT2D eigenvalue weighted by molar-refractivity contribution is 0.748. The van der Waals surface area contributed by atoms with Crippen molar-refractivity contribution in [1.29, 1.82) is 0 Å². The van der Waals surface area contributed by atoms with Gasteiger partial charge in [-0.25, -0.2) is 4.99 Å². The van der Waals surface area contributed by atoms with Crippen LogP contribution in [0.15, 0.2) is 59.6 Å². The van der Waals surface area contributed by atoms with Crippen LogP contribution in [-0.4, -0.2) is 5.84 Å².